The molecular formula is C24H34ClN3O2S. The largest absolute Gasteiger partial charge is 0.343 e. The van der Waals surface area contributed by atoms with Gasteiger partial charge < -0.3 is 15.6 Å². The number of amides is 1. The molecule has 1 fully saturated rings. The molecule has 1 aliphatic heterocycles. The smallest absolute Gasteiger partial charge is 0.223 e. The lowest BCUT2D eigenvalue weighted by molar-refractivity contribution is -0.131. The molecule has 0 atom stereocenters. The number of hydrogen-bond donors (Lipinski definition) is 3. The minimum atomic E-state index is -2.61. The number of halogens is 1. The summed E-state index contributed by atoms with van der Waals surface area (Å²) < 4.78 is 13.3. The molecule has 0 radical (unpaired) electrons. The van der Waals surface area contributed by atoms with Crippen molar-refractivity contribution in [1.29, 1.82) is 5.41 Å². The number of hydrogen-bond acceptors (Lipinski definition) is 4. The van der Waals surface area contributed by atoms with Crippen molar-refractivity contribution >= 4 is 44.4 Å². The quantitative estimate of drug-likeness (QED) is 0.279. The zero-order chi connectivity index (χ0) is 22.3. The van der Waals surface area contributed by atoms with Crippen molar-refractivity contribution in [3.05, 3.63) is 41.4 Å². The van der Waals surface area contributed by atoms with E-state index in [9.17, 15) is 9.00 Å². The van der Waals surface area contributed by atoms with E-state index < -0.39 is 9.93 Å². The number of rotatable bonds is 10. The zero-order valence-corrected chi connectivity index (χ0v) is 19.9. The van der Waals surface area contributed by atoms with Crippen LogP contribution in [0.1, 0.15) is 38.5 Å². The average Bonchev–Trinajstić information content (AvgIpc) is 2.77. The van der Waals surface area contributed by atoms with Gasteiger partial charge in [0.05, 0.1) is 0 Å². The Kier molecular flexibility index (Phi) is 8.64. The molecule has 2 aromatic rings. The lowest BCUT2D eigenvalue weighted by Crippen LogP contribution is -2.45. The summed E-state index contributed by atoms with van der Waals surface area (Å²) in [7, 11) is -2.61. The van der Waals surface area contributed by atoms with E-state index in [-0.39, 0.29) is 5.91 Å². The first kappa shape index (κ1) is 23.9. The topological polar surface area (TPSA) is 73.3 Å². The Balaban J connectivity index is 1.46. The molecule has 0 unspecified atom stereocenters. The summed E-state index contributed by atoms with van der Waals surface area (Å²) in [5.74, 6) is 0.509. The van der Waals surface area contributed by atoms with Crippen LogP contribution in [0.25, 0.3) is 10.8 Å². The summed E-state index contributed by atoms with van der Waals surface area (Å²) in [5, 5.41) is 13.4. The maximum atomic E-state index is 13.3. The normalized spacial score (nSPS) is 15.9. The van der Waals surface area contributed by atoms with Crippen molar-refractivity contribution in [3.63, 3.8) is 0 Å². The molecule has 31 heavy (non-hydrogen) atoms. The van der Waals surface area contributed by atoms with E-state index in [1.807, 2.05) is 41.3 Å². The molecule has 7 heteroatoms. The van der Waals surface area contributed by atoms with E-state index in [0.717, 1.165) is 67.4 Å². The van der Waals surface area contributed by atoms with Crippen molar-refractivity contribution in [2.75, 3.05) is 31.6 Å². The van der Waals surface area contributed by atoms with Crippen LogP contribution in [0.2, 0.25) is 5.02 Å². The minimum Gasteiger partial charge on any atom is -0.343 e. The van der Waals surface area contributed by atoms with E-state index in [2.05, 4.69) is 5.32 Å². The van der Waals surface area contributed by atoms with Gasteiger partial charge in [0.2, 0.25) is 5.91 Å². The van der Waals surface area contributed by atoms with E-state index in [1.54, 1.807) is 6.26 Å². The summed E-state index contributed by atoms with van der Waals surface area (Å²) in [6, 6.07) is 12.0. The fourth-order valence-corrected chi connectivity index (χ4v) is 5.96. The van der Waals surface area contributed by atoms with Crippen LogP contribution in [0, 0.1) is 5.41 Å². The van der Waals surface area contributed by atoms with Crippen LogP contribution in [0.4, 0.5) is 0 Å². The molecule has 2 N–H and O–H groups in total. The molecule has 0 aromatic heterocycles. The maximum Gasteiger partial charge on any atom is 0.223 e. The van der Waals surface area contributed by atoms with Crippen LogP contribution in [-0.4, -0.2) is 58.9 Å². The molecule has 3 rings (SSSR count). The van der Waals surface area contributed by atoms with Crippen LogP contribution in [0.5, 0.6) is 0 Å². The number of likely N-dealkylation sites (tertiary alicyclic amines) is 1. The lowest BCUT2D eigenvalue weighted by atomic mass is 10.0. The van der Waals surface area contributed by atoms with Gasteiger partial charge in [0.15, 0.2) is 0 Å². The highest BCUT2D eigenvalue weighted by atomic mass is 35.5. The van der Waals surface area contributed by atoms with Gasteiger partial charge in [-0.25, -0.2) is 0 Å². The number of fused-ring (bicyclic) bond motifs is 1. The fraction of sp³-hybridized carbons (Fsp3) is 0.500. The monoisotopic (exact) mass is 463 g/mol. The molecule has 0 aliphatic carbocycles. The maximum absolute atomic E-state index is 13.3. The summed E-state index contributed by atoms with van der Waals surface area (Å²) in [5.41, 5.74) is 0. The number of benzene rings is 2. The third-order valence-electron chi connectivity index (χ3n) is 6.14. The Labute approximate surface area is 191 Å². The van der Waals surface area contributed by atoms with Crippen molar-refractivity contribution in [3.8, 4) is 0 Å². The molecule has 5 nitrogen and oxygen atoms in total. The predicted molar refractivity (Wildman–Crippen MR) is 132 cm³/mol. The summed E-state index contributed by atoms with van der Waals surface area (Å²) in [6.45, 7) is 2.51. The van der Waals surface area contributed by atoms with Crippen LogP contribution in [0.15, 0.2) is 41.3 Å². The second-order valence-corrected chi connectivity index (χ2v) is 12.2. The standard InChI is InChI=1S/C24H34ClN3O2S/c1-31(30,23-8-6-19-17-21(25)7-5-20(19)18-23)16-11-24(29)28-14-9-22(10-15-28)27-13-4-2-3-12-26/h5-8,12,17-18,22,26-27,31H,2-4,9-11,13-16H2,1H3. The number of unbranched alkanes of at least 4 members (excludes halogenated alkanes) is 2. The van der Waals surface area contributed by atoms with Gasteiger partial charge in [-0.1, -0.05) is 33.7 Å². The van der Waals surface area contributed by atoms with Gasteiger partial charge in [-0.15, -0.1) is 0 Å². The van der Waals surface area contributed by atoms with Crippen LogP contribution in [0.3, 0.4) is 0 Å². The lowest BCUT2D eigenvalue weighted by Gasteiger charge is -2.33. The average molecular weight is 464 g/mol. The Bertz CT molecular complexity index is 957. The highest BCUT2D eigenvalue weighted by Crippen LogP contribution is 2.26. The van der Waals surface area contributed by atoms with E-state index in [4.69, 9.17) is 17.0 Å². The van der Waals surface area contributed by atoms with Crippen LogP contribution >= 0.6 is 11.6 Å². The Morgan fingerprint density at radius 2 is 1.90 bits per heavy atom. The Morgan fingerprint density at radius 1 is 1.19 bits per heavy atom. The van der Waals surface area contributed by atoms with Gasteiger partial charge in [-0.3, -0.25) is 9.00 Å². The Hall–Kier alpha value is -1.76. The van der Waals surface area contributed by atoms with Gasteiger partial charge in [0.1, 0.15) is 0 Å². The zero-order valence-electron chi connectivity index (χ0n) is 18.3. The molecule has 0 saturated carbocycles. The first-order chi connectivity index (χ1) is 14.9. The van der Waals surface area contributed by atoms with Crippen molar-refractivity contribution in [1.82, 2.24) is 10.2 Å². The third-order valence-corrected chi connectivity index (χ3v) is 8.82. The van der Waals surface area contributed by atoms with Crippen molar-refractivity contribution in [2.45, 2.75) is 49.5 Å². The second kappa shape index (κ2) is 11.2. The van der Waals surface area contributed by atoms with Gasteiger partial charge in [-0.05, 0) is 86.2 Å². The van der Waals surface area contributed by atoms with E-state index in [0.29, 0.717) is 23.2 Å². The van der Waals surface area contributed by atoms with Gasteiger partial charge in [0.25, 0.3) is 0 Å². The molecule has 0 spiro atoms. The number of nitrogens with one attached hydrogen (secondary N) is 2. The number of carbonyl (C=O) groups excluding carboxylic acids is 1. The minimum absolute atomic E-state index is 0.110. The van der Waals surface area contributed by atoms with Gasteiger partial charge in [-0.2, -0.15) is 0 Å². The molecule has 0 bridgehead atoms. The predicted octanol–water partition coefficient (Wildman–Crippen LogP) is 4.29. The molecule has 1 saturated heterocycles. The fourth-order valence-electron chi connectivity index (χ4n) is 4.11. The van der Waals surface area contributed by atoms with Crippen molar-refractivity contribution in [2.24, 2.45) is 0 Å². The molecule has 1 heterocycles. The summed E-state index contributed by atoms with van der Waals surface area (Å²) >= 11 is 6.05. The molecule has 1 aliphatic rings. The molecule has 1 amide bonds. The molecule has 2 aromatic carbocycles. The van der Waals surface area contributed by atoms with Crippen LogP contribution in [-0.2, 0) is 14.7 Å². The SMILES string of the molecule is C[SH](=O)(CCC(=O)N1CCC(NCCCCC=N)CC1)c1ccc2cc(Cl)ccc2c1. The van der Waals surface area contributed by atoms with Gasteiger partial charge in [0, 0.05) is 41.2 Å². The molecule has 170 valence electrons. The molecular weight excluding hydrogens is 430 g/mol. The summed E-state index contributed by atoms with van der Waals surface area (Å²) in [6.07, 6.45) is 8.50. The van der Waals surface area contributed by atoms with E-state index >= 15 is 0 Å². The summed E-state index contributed by atoms with van der Waals surface area (Å²) in [4.78, 5) is 15.5. The first-order valence-electron chi connectivity index (χ1n) is 11.2. The van der Waals surface area contributed by atoms with Crippen molar-refractivity contribution < 1.29 is 9.00 Å². The highest BCUT2D eigenvalue weighted by molar-refractivity contribution is 8.02. The Morgan fingerprint density at radius 3 is 2.65 bits per heavy atom. The highest BCUT2D eigenvalue weighted by Gasteiger charge is 2.23. The third kappa shape index (κ3) is 6.86. The number of carbonyl (C=O) groups is 1. The van der Waals surface area contributed by atoms with Gasteiger partial charge >= 0.3 is 0 Å². The van der Waals surface area contributed by atoms with Crippen LogP contribution < -0.4 is 5.32 Å². The van der Waals surface area contributed by atoms with E-state index in [1.165, 1.54) is 6.21 Å². The number of piperidine rings is 1. The number of thiol groups is 1. The second-order valence-electron chi connectivity index (χ2n) is 8.56. The first-order valence-corrected chi connectivity index (χ1v) is 13.9. The number of nitrogens with zero attached hydrogens (tertiary/aromatic N) is 1.